The molecule has 0 bridgehead atoms. The van der Waals surface area contributed by atoms with Crippen LogP contribution in [-0.4, -0.2) is 33.6 Å². The molecule has 0 aliphatic rings. The van der Waals surface area contributed by atoms with Gasteiger partial charge in [0.05, 0.1) is 17.2 Å². The second kappa shape index (κ2) is 5.92. The second-order valence-corrected chi connectivity index (χ2v) is 3.75. The number of amides is 1. The summed E-state index contributed by atoms with van der Waals surface area (Å²) in [4.78, 5) is 34.9. The molecular weight excluding hydrogens is 242 g/mol. The largest absolute Gasteiger partial charge is 0.393 e. The normalized spacial score (nSPS) is 11.9. The summed E-state index contributed by atoms with van der Waals surface area (Å²) in [6.45, 7) is 1.74. The van der Waals surface area contributed by atoms with E-state index in [1.807, 2.05) is 0 Å². The smallest absolute Gasteiger partial charge is 0.286 e. The summed E-state index contributed by atoms with van der Waals surface area (Å²) in [7, 11) is 0. The van der Waals surface area contributed by atoms with E-state index in [4.69, 9.17) is 5.11 Å². The van der Waals surface area contributed by atoms with Gasteiger partial charge in [-0.1, -0.05) is 0 Å². The van der Waals surface area contributed by atoms with Crippen molar-refractivity contribution in [1.82, 2.24) is 10.3 Å². The van der Waals surface area contributed by atoms with Crippen LogP contribution in [0.15, 0.2) is 17.1 Å². The van der Waals surface area contributed by atoms with Crippen LogP contribution in [0.25, 0.3) is 0 Å². The Labute approximate surface area is 102 Å². The van der Waals surface area contributed by atoms with Crippen LogP contribution in [-0.2, 0) is 0 Å². The summed E-state index contributed by atoms with van der Waals surface area (Å²) in [5.41, 5.74) is -1.39. The van der Waals surface area contributed by atoms with E-state index in [1.165, 1.54) is 0 Å². The summed E-state index contributed by atoms with van der Waals surface area (Å²) in [5, 5.41) is 21.9. The van der Waals surface area contributed by atoms with E-state index in [0.29, 0.717) is 6.42 Å². The molecule has 1 amide bonds. The quantitative estimate of drug-likeness (QED) is 0.495. The first-order chi connectivity index (χ1) is 8.41. The van der Waals surface area contributed by atoms with Crippen molar-refractivity contribution in [1.29, 1.82) is 0 Å². The molecule has 3 N–H and O–H groups in total. The molecule has 8 nitrogen and oxygen atoms in total. The van der Waals surface area contributed by atoms with E-state index in [-0.39, 0.29) is 17.8 Å². The molecule has 18 heavy (non-hydrogen) atoms. The third-order valence-corrected chi connectivity index (χ3v) is 2.19. The number of aliphatic hydroxyl groups excluding tert-OH is 1. The van der Waals surface area contributed by atoms with E-state index in [9.17, 15) is 19.7 Å². The van der Waals surface area contributed by atoms with Gasteiger partial charge in [-0.2, -0.15) is 0 Å². The molecule has 0 saturated heterocycles. The highest BCUT2D eigenvalue weighted by molar-refractivity contribution is 5.94. The summed E-state index contributed by atoms with van der Waals surface area (Å²) in [6, 6.07) is 0.913. The Balaban J connectivity index is 2.81. The monoisotopic (exact) mass is 255 g/mol. The first-order valence-electron chi connectivity index (χ1n) is 5.25. The van der Waals surface area contributed by atoms with Crippen molar-refractivity contribution in [2.24, 2.45) is 0 Å². The number of nitrogens with one attached hydrogen (secondary N) is 2. The van der Waals surface area contributed by atoms with Crippen LogP contribution in [0.3, 0.4) is 0 Å². The molecule has 0 radical (unpaired) electrons. The Morgan fingerprint density at radius 2 is 2.33 bits per heavy atom. The number of H-pyrrole nitrogens is 1. The van der Waals surface area contributed by atoms with Gasteiger partial charge in [-0.3, -0.25) is 19.7 Å². The topological polar surface area (TPSA) is 125 Å². The van der Waals surface area contributed by atoms with Gasteiger partial charge in [0.15, 0.2) is 0 Å². The van der Waals surface area contributed by atoms with Crippen LogP contribution in [0, 0.1) is 10.1 Å². The fourth-order valence-electron chi connectivity index (χ4n) is 1.24. The van der Waals surface area contributed by atoms with Crippen molar-refractivity contribution in [2.45, 2.75) is 19.4 Å². The number of hydrogen-bond acceptors (Lipinski definition) is 5. The number of carbonyl (C=O) groups is 1. The van der Waals surface area contributed by atoms with Gasteiger partial charge in [0, 0.05) is 12.6 Å². The van der Waals surface area contributed by atoms with Crippen molar-refractivity contribution in [3.05, 3.63) is 38.3 Å². The van der Waals surface area contributed by atoms with Crippen LogP contribution in [0.5, 0.6) is 0 Å². The molecule has 0 aliphatic heterocycles. The Kier molecular flexibility index (Phi) is 4.55. The molecule has 1 atom stereocenters. The van der Waals surface area contributed by atoms with Gasteiger partial charge in [-0.25, -0.2) is 0 Å². The lowest BCUT2D eigenvalue weighted by molar-refractivity contribution is -0.385. The number of rotatable bonds is 5. The standard InChI is InChI=1S/C10H13N3O5/c1-6(14)2-3-11-9(15)8-4-7(13(17)18)5-12-10(8)16/h4-6,14H,2-3H2,1H3,(H,11,15)(H,12,16). The van der Waals surface area contributed by atoms with Crippen molar-refractivity contribution >= 4 is 11.6 Å². The molecule has 0 spiro atoms. The molecule has 0 fully saturated rings. The average molecular weight is 255 g/mol. The third kappa shape index (κ3) is 3.67. The van der Waals surface area contributed by atoms with Gasteiger partial charge in [0.1, 0.15) is 5.56 Å². The zero-order valence-electron chi connectivity index (χ0n) is 9.67. The lowest BCUT2D eigenvalue weighted by Gasteiger charge is -2.06. The van der Waals surface area contributed by atoms with E-state index < -0.39 is 22.5 Å². The summed E-state index contributed by atoms with van der Waals surface area (Å²) >= 11 is 0. The molecule has 0 aliphatic carbocycles. The molecule has 1 heterocycles. The van der Waals surface area contributed by atoms with Gasteiger partial charge in [0.25, 0.3) is 17.2 Å². The number of aromatic amines is 1. The Hall–Kier alpha value is -2.22. The second-order valence-electron chi connectivity index (χ2n) is 3.75. The van der Waals surface area contributed by atoms with Crippen molar-refractivity contribution < 1.29 is 14.8 Å². The van der Waals surface area contributed by atoms with E-state index >= 15 is 0 Å². The highest BCUT2D eigenvalue weighted by Crippen LogP contribution is 2.07. The highest BCUT2D eigenvalue weighted by atomic mass is 16.6. The number of aromatic nitrogens is 1. The number of hydrogen-bond donors (Lipinski definition) is 3. The minimum absolute atomic E-state index is 0.179. The van der Waals surface area contributed by atoms with Crippen LogP contribution < -0.4 is 10.9 Å². The van der Waals surface area contributed by atoms with Gasteiger partial charge in [0.2, 0.25) is 0 Å². The molecule has 98 valence electrons. The lowest BCUT2D eigenvalue weighted by Crippen LogP contribution is -2.31. The minimum atomic E-state index is -0.708. The molecule has 1 aromatic heterocycles. The van der Waals surface area contributed by atoms with Gasteiger partial charge < -0.3 is 15.4 Å². The van der Waals surface area contributed by atoms with Crippen LogP contribution in [0.2, 0.25) is 0 Å². The number of carbonyl (C=O) groups excluding carboxylic acids is 1. The van der Waals surface area contributed by atoms with Crippen molar-refractivity contribution in [3.63, 3.8) is 0 Å². The zero-order chi connectivity index (χ0) is 13.7. The van der Waals surface area contributed by atoms with E-state index in [2.05, 4.69) is 10.3 Å². The average Bonchev–Trinajstić information content (AvgIpc) is 2.28. The van der Waals surface area contributed by atoms with Crippen LogP contribution >= 0.6 is 0 Å². The fraction of sp³-hybridized carbons (Fsp3) is 0.400. The Bertz CT molecular complexity index is 508. The summed E-state index contributed by atoms with van der Waals surface area (Å²) in [5.74, 6) is -0.708. The van der Waals surface area contributed by atoms with Crippen molar-refractivity contribution in [3.8, 4) is 0 Å². The van der Waals surface area contributed by atoms with E-state index in [0.717, 1.165) is 12.3 Å². The highest BCUT2D eigenvalue weighted by Gasteiger charge is 2.15. The molecule has 0 saturated carbocycles. The van der Waals surface area contributed by atoms with E-state index in [1.54, 1.807) is 6.92 Å². The van der Waals surface area contributed by atoms with Crippen LogP contribution in [0.4, 0.5) is 5.69 Å². The fourth-order valence-corrected chi connectivity index (χ4v) is 1.24. The maximum atomic E-state index is 11.6. The molecule has 1 rings (SSSR count). The Morgan fingerprint density at radius 3 is 2.89 bits per heavy atom. The summed E-state index contributed by atoms with van der Waals surface area (Å²) < 4.78 is 0. The molecule has 0 aromatic carbocycles. The minimum Gasteiger partial charge on any atom is -0.393 e. The zero-order valence-corrected chi connectivity index (χ0v) is 9.67. The predicted octanol–water partition coefficient (Wildman–Crippen LogP) is -0.216. The third-order valence-electron chi connectivity index (χ3n) is 2.19. The number of aliphatic hydroxyl groups is 1. The molecular formula is C10H13N3O5. The van der Waals surface area contributed by atoms with Gasteiger partial charge in [-0.15, -0.1) is 0 Å². The van der Waals surface area contributed by atoms with Crippen molar-refractivity contribution in [2.75, 3.05) is 6.54 Å². The first kappa shape index (κ1) is 13.8. The predicted molar refractivity (Wildman–Crippen MR) is 62.3 cm³/mol. The molecule has 8 heteroatoms. The lowest BCUT2D eigenvalue weighted by atomic mass is 10.2. The maximum Gasteiger partial charge on any atom is 0.286 e. The number of nitrogens with zero attached hydrogens (tertiary/aromatic N) is 1. The van der Waals surface area contributed by atoms with Gasteiger partial charge >= 0.3 is 0 Å². The SMILES string of the molecule is CC(O)CCNC(=O)c1cc([N+](=O)[O-])c[nH]c1=O. The first-order valence-corrected chi connectivity index (χ1v) is 5.25. The summed E-state index contributed by atoms with van der Waals surface area (Å²) in [6.07, 6.45) is 0.682. The van der Waals surface area contributed by atoms with Crippen LogP contribution in [0.1, 0.15) is 23.7 Å². The maximum absolute atomic E-state index is 11.6. The molecule has 1 aromatic rings. The van der Waals surface area contributed by atoms with Gasteiger partial charge in [-0.05, 0) is 13.3 Å². The number of nitro groups is 1. The molecule has 1 unspecified atom stereocenters. The Morgan fingerprint density at radius 1 is 1.67 bits per heavy atom. The number of pyridine rings is 1.